The highest BCUT2D eigenvalue weighted by Crippen LogP contribution is 2.14. The fourth-order valence-electron chi connectivity index (χ4n) is 0.752. The molecule has 1 N–H and O–H groups in total. The Hall–Kier alpha value is -1.86. The maximum atomic E-state index is 10.5. The summed E-state index contributed by atoms with van der Waals surface area (Å²) in [4.78, 5) is 10.5. The van der Waals surface area contributed by atoms with Gasteiger partial charge in [0.05, 0.1) is 5.69 Å². The fraction of sp³-hybridized carbons (Fsp3) is 0. The van der Waals surface area contributed by atoms with Gasteiger partial charge in [-0.25, -0.2) is 0 Å². The lowest BCUT2D eigenvalue weighted by Gasteiger charge is -1.98. The highest BCUT2D eigenvalue weighted by Gasteiger charge is 1.92. The second-order valence-electron chi connectivity index (χ2n) is 2.36. The van der Waals surface area contributed by atoms with E-state index in [0.717, 1.165) is 6.21 Å². The minimum Gasteiger partial charge on any atom is -0.278 e. The maximum absolute atomic E-state index is 10.5. The molecule has 70 valence electrons. The van der Waals surface area contributed by atoms with Crippen LogP contribution in [0.2, 0.25) is 5.02 Å². The zero-order valence-electron chi connectivity index (χ0n) is 7.07. The van der Waals surface area contributed by atoms with E-state index in [1.165, 1.54) is 6.07 Å². The number of benzene rings is 1. The molecule has 0 unspecified atom stereocenters. The van der Waals surface area contributed by atoms with Crippen molar-refractivity contribution in [3.05, 3.63) is 29.3 Å². The molecule has 14 heavy (non-hydrogen) atoms. The average molecular weight is 208 g/mol. The molecule has 0 heterocycles. The van der Waals surface area contributed by atoms with Crippen LogP contribution in [0, 0.1) is 11.3 Å². The molecule has 1 aromatic carbocycles. The SMILES string of the molecule is N#CC(=O)/C=N/Nc1cccc(Cl)c1. The second kappa shape index (κ2) is 5.00. The van der Waals surface area contributed by atoms with Crippen molar-refractivity contribution in [1.29, 1.82) is 5.26 Å². The van der Waals surface area contributed by atoms with E-state index in [1.54, 1.807) is 24.3 Å². The molecule has 5 heteroatoms. The van der Waals surface area contributed by atoms with Gasteiger partial charge in [-0.05, 0) is 18.2 Å². The zero-order valence-corrected chi connectivity index (χ0v) is 7.82. The Morgan fingerprint density at radius 3 is 3.07 bits per heavy atom. The largest absolute Gasteiger partial charge is 0.278 e. The fourth-order valence-corrected chi connectivity index (χ4v) is 0.943. The van der Waals surface area contributed by atoms with E-state index in [0.29, 0.717) is 10.7 Å². The van der Waals surface area contributed by atoms with Gasteiger partial charge >= 0.3 is 0 Å². The van der Waals surface area contributed by atoms with Crippen LogP contribution in [-0.2, 0) is 4.79 Å². The van der Waals surface area contributed by atoms with Crippen molar-refractivity contribution < 1.29 is 4.79 Å². The first kappa shape index (κ1) is 10.2. The summed E-state index contributed by atoms with van der Waals surface area (Å²) < 4.78 is 0. The molecule has 0 saturated heterocycles. The number of rotatable bonds is 3. The van der Waals surface area contributed by atoms with Crippen LogP contribution < -0.4 is 5.43 Å². The topological polar surface area (TPSA) is 65.2 Å². The van der Waals surface area contributed by atoms with Gasteiger partial charge in [-0.3, -0.25) is 10.2 Å². The smallest absolute Gasteiger partial charge is 0.274 e. The van der Waals surface area contributed by atoms with E-state index in [1.807, 2.05) is 0 Å². The predicted molar refractivity (Wildman–Crippen MR) is 54.2 cm³/mol. The van der Waals surface area contributed by atoms with Crippen LogP contribution in [0.5, 0.6) is 0 Å². The quantitative estimate of drug-likeness (QED) is 0.467. The van der Waals surface area contributed by atoms with E-state index in [4.69, 9.17) is 16.9 Å². The van der Waals surface area contributed by atoms with Crippen molar-refractivity contribution in [2.24, 2.45) is 5.10 Å². The molecule has 0 fully saturated rings. The molecule has 0 aliphatic rings. The minimum atomic E-state index is -0.709. The first-order valence-corrected chi connectivity index (χ1v) is 4.09. The van der Waals surface area contributed by atoms with Crippen LogP contribution in [0.3, 0.4) is 0 Å². The van der Waals surface area contributed by atoms with Crippen molar-refractivity contribution in [2.75, 3.05) is 5.43 Å². The number of hydrogen-bond acceptors (Lipinski definition) is 4. The van der Waals surface area contributed by atoms with Crippen LogP contribution >= 0.6 is 11.6 Å². The number of hydrazone groups is 1. The lowest BCUT2D eigenvalue weighted by atomic mass is 10.3. The van der Waals surface area contributed by atoms with Crippen LogP contribution in [0.1, 0.15) is 0 Å². The third-order valence-corrected chi connectivity index (χ3v) is 1.55. The number of hydrogen-bond donors (Lipinski definition) is 1. The average Bonchev–Trinajstić information content (AvgIpc) is 2.17. The first-order chi connectivity index (χ1) is 6.72. The normalized spacial score (nSPS) is 9.71. The van der Waals surface area contributed by atoms with Crippen molar-refractivity contribution in [3.8, 4) is 6.07 Å². The van der Waals surface area contributed by atoms with E-state index in [2.05, 4.69) is 10.5 Å². The molecule has 1 aromatic rings. The number of carbonyl (C=O) groups excluding carboxylic acids is 1. The summed E-state index contributed by atoms with van der Waals surface area (Å²) in [6.07, 6.45) is 0.904. The summed E-state index contributed by atoms with van der Waals surface area (Å²) in [5, 5.41) is 12.3. The Kier molecular flexibility index (Phi) is 3.65. The Bertz CT molecular complexity index is 409. The van der Waals surface area contributed by atoms with Crippen LogP contribution in [0.4, 0.5) is 5.69 Å². The van der Waals surface area contributed by atoms with Gasteiger partial charge in [0.2, 0.25) is 0 Å². The Labute approximate surface area is 85.8 Å². The van der Waals surface area contributed by atoms with Crippen molar-refractivity contribution >= 4 is 29.3 Å². The Balaban J connectivity index is 2.59. The van der Waals surface area contributed by atoms with Crippen molar-refractivity contribution in [2.45, 2.75) is 0 Å². The molecule has 0 spiro atoms. The number of nitrogens with one attached hydrogen (secondary N) is 1. The van der Waals surface area contributed by atoms with Crippen LogP contribution in [0.25, 0.3) is 0 Å². The molecule has 0 radical (unpaired) electrons. The lowest BCUT2D eigenvalue weighted by Crippen LogP contribution is -1.97. The van der Waals surface area contributed by atoms with Crippen LogP contribution in [-0.4, -0.2) is 12.0 Å². The molecule has 0 aromatic heterocycles. The van der Waals surface area contributed by atoms with E-state index in [-0.39, 0.29) is 0 Å². The summed E-state index contributed by atoms with van der Waals surface area (Å²) in [6, 6.07) is 8.25. The number of ketones is 1. The molecular weight excluding hydrogens is 202 g/mol. The number of anilines is 1. The molecular formula is C9H6ClN3O. The third kappa shape index (κ3) is 3.25. The Morgan fingerprint density at radius 1 is 1.64 bits per heavy atom. The third-order valence-electron chi connectivity index (χ3n) is 1.31. The van der Waals surface area contributed by atoms with E-state index >= 15 is 0 Å². The molecule has 1 rings (SSSR count). The van der Waals surface area contributed by atoms with Crippen LogP contribution in [0.15, 0.2) is 29.4 Å². The van der Waals surface area contributed by atoms with Gasteiger partial charge in [0.15, 0.2) is 0 Å². The van der Waals surface area contributed by atoms with Gasteiger partial charge in [-0.2, -0.15) is 10.4 Å². The standard InChI is InChI=1S/C9H6ClN3O/c10-7-2-1-3-8(4-7)13-12-6-9(14)5-11/h1-4,6,13H/b12-6+. The summed E-state index contributed by atoms with van der Waals surface area (Å²) in [6.45, 7) is 0. The van der Waals surface area contributed by atoms with Crippen molar-refractivity contribution in [3.63, 3.8) is 0 Å². The molecule has 0 amide bonds. The van der Waals surface area contributed by atoms with Crippen molar-refractivity contribution in [1.82, 2.24) is 0 Å². The number of halogens is 1. The number of nitrogens with zero attached hydrogens (tertiary/aromatic N) is 2. The lowest BCUT2D eigenvalue weighted by molar-refractivity contribution is -0.107. The molecule has 0 aliphatic carbocycles. The van der Waals surface area contributed by atoms with Gasteiger partial charge in [-0.1, -0.05) is 17.7 Å². The highest BCUT2D eigenvalue weighted by molar-refractivity contribution is 6.34. The number of carbonyl (C=O) groups is 1. The molecule has 4 nitrogen and oxygen atoms in total. The van der Waals surface area contributed by atoms with Gasteiger partial charge < -0.3 is 0 Å². The van der Waals surface area contributed by atoms with E-state index in [9.17, 15) is 4.79 Å². The second-order valence-corrected chi connectivity index (χ2v) is 2.79. The summed E-state index contributed by atoms with van der Waals surface area (Å²) in [5.41, 5.74) is 3.22. The van der Waals surface area contributed by atoms with Gasteiger partial charge in [0.25, 0.3) is 5.78 Å². The molecule has 0 aliphatic heterocycles. The minimum absolute atomic E-state index is 0.566. The van der Waals surface area contributed by atoms with Gasteiger partial charge in [0, 0.05) is 5.02 Å². The highest BCUT2D eigenvalue weighted by atomic mass is 35.5. The monoisotopic (exact) mass is 207 g/mol. The molecule has 0 saturated carbocycles. The predicted octanol–water partition coefficient (Wildman–Crippen LogP) is 1.83. The van der Waals surface area contributed by atoms with Gasteiger partial charge in [-0.15, -0.1) is 0 Å². The summed E-state index contributed by atoms with van der Waals surface area (Å²) >= 11 is 5.70. The molecule has 0 atom stereocenters. The van der Waals surface area contributed by atoms with Gasteiger partial charge in [0.1, 0.15) is 12.3 Å². The number of nitriles is 1. The summed E-state index contributed by atoms with van der Waals surface area (Å²) in [7, 11) is 0. The zero-order chi connectivity index (χ0) is 10.4. The van der Waals surface area contributed by atoms with E-state index < -0.39 is 5.78 Å². The molecule has 0 bridgehead atoms. The maximum Gasteiger partial charge on any atom is 0.274 e. The number of Topliss-reactive ketones (excluding diaryl/α,β-unsaturated/α-hetero) is 1. The Morgan fingerprint density at radius 2 is 2.43 bits per heavy atom. The first-order valence-electron chi connectivity index (χ1n) is 3.71. The summed E-state index contributed by atoms with van der Waals surface area (Å²) in [5.74, 6) is -0.709.